The lowest BCUT2D eigenvalue weighted by molar-refractivity contribution is -0.384. The maximum absolute atomic E-state index is 13.3. The van der Waals surface area contributed by atoms with Gasteiger partial charge in [0.15, 0.2) is 0 Å². The van der Waals surface area contributed by atoms with Crippen LogP contribution in [0.4, 0.5) is 5.69 Å². The number of nitro benzene ring substituents is 1. The minimum absolute atomic E-state index is 0.0249. The van der Waals surface area contributed by atoms with Crippen molar-refractivity contribution in [3.8, 4) is 21.9 Å². The Bertz CT molecular complexity index is 1580. The van der Waals surface area contributed by atoms with E-state index in [1.54, 1.807) is 31.2 Å². The molecule has 0 radical (unpaired) electrons. The molecule has 158 valence electrons. The second-order valence-corrected chi connectivity index (χ2v) is 7.85. The molecular weight excluding hydrogens is 434 g/mol. The molecule has 0 aliphatic carbocycles. The molecule has 32 heavy (non-hydrogen) atoms. The Hall–Kier alpha value is -4.45. The average Bonchev–Trinajstić information content (AvgIpc) is 3.43. The highest BCUT2D eigenvalue weighted by Crippen LogP contribution is 2.36. The molecule has 4 heterocycles. The van der Waals surface area contributed by atoms with Gasteiger partial charge in [0.05, 0.1) is 28.9 Å². The Morgan fingerprint density at radius 3 is 2.41 bits per heavy atom. The van der Waals surface area contributed by atoms with E-state index < -0.39 is 16.2 Å². The number of aryl methyl sites for hydroxylation is 1. The molecule has 0 spiro atoms. The first-order valence-electron chi connectivity index (χ1n) is 9.30. The molecule has 11 nitrogen and oxygen atoms in total. The van der Waals surface area contributed by atoms with Gasteiger partial charge in [-0.05, 0) is 42.3 Å². The summed E-state index contributed by atoms with van der Waals surface area (Å²) in [7, 11) is 0. The number of hydrogen-bond donors (Lipinski definition) is 1. The molecule has 0 unspecified atom stereocenters. The fourth-order valence-corrected chi connectivity index (χ4v) is 4.61. The van der Waals surface area contributed by atoms with E-state index in [0.717, 1.165) is 15.0 Å². The lowest BCUT2D eigenvalue weighted by Crippen LogP contribution is -2.34. The molecule has 0 saturated carbocycles. The second-order valence-electron chi connectivity index (χ2n) is 6.83. The van der Waals surface area contributed by atoms with Crippen LogP contribution in [0.2, 0.25) is 0 Å². The van der Waals surface area contributed by atoms with Crippen molar-refractivity contribution >= 4 is 27.2 Å². The topological polar surface area (TPSA) is 142 Å². The molecule has 0 bridgehead atoms. The third kappa shape index (κ3) is 3.09. The summed E-state index contributed by atoms with van der Waals surface area (Å²) in [5, 5.41) is 19.3. The van der Waals surface area contributed by atoms with Crippen LogP contribution in [0.5, 0.6) is 0 Å². The number of nitrogens with zero attached hydrogens (tertiary/aromatic N) is 6. The first-order chi connectivity index (χ1) is 15.4. The summed E-state index contributed by atoms with van der Waals surface area (Å²) in [5.74, 6) is 0.163. The zero-order chi connectivity index (χ0) is 22.4. The third-order valence-corrected chi connectivity index (χ3v) is 6.19. The number of nitro groups is 1. The highest BCUT2D eigenvalue weighted by molar-refractivity contribution is 7.22. The van der Waals surface area contributed by atoms with E-state index in [0.29, 0.717) is 21.5 Å². The maximum Gasteiger partial charge on any atom is 0.335 e. The number of pyridine rings is 1. The number of fused-ring (bicyclic) bond motifs is 1. The monoisotopic (exact) mass is 447 g/mol. The van der Waals surface area contributed by atoms with E-state index in [9.17, 15) is 19.7 Å². The van der Waals surface area contributed by atoms with E-state index >= 15 is 0 Å². The van der Waals surface area contributed by atoms with Gasteiger partial charge in [-0.1, -0.05) is 0 Å². The highest BCUT2D eigenvalue weighted by Gasteiger charge is 2.19. The zero-order valence-electron chi connectivity index (χ0n) is 16.4. The van der Waals surface area contributed by atoms with Gasteiger partial charge in [-0.15, -0.1) is 11.3 Å². The van der Waals surface area contributed by atoms with Gasteiger partial charge in [0.2, 0.25) is 0 Å². The summed E-state index contributed by atoms with van der Waals surface area (Å²) >= 11 is 1.25. The van der Waals surface area contributed by atoms with Gasteiger partial charge in [-0.2, -0.15) is 15.0 Å². The Balaban J connectivity index is 1.63. The van der Waals surface area contributed by atoms with Crippen molar-refractivity contribution in [1.82, 2.24) is 29.5 Å². The van der Waals surface area contributed by atoms with E-state index in [2.05, 4.69) is 20.2 Å². The fourth-order valence-electron chi connectivity index (χ4n) is 3.41. The predicted octanol–water partition coefficient (Wildman–Crippen LogP) is 2.60. The Labute approximate surface area is 182 Å². The van der Waals surface area contributed by atoms with Crippen LogP contribution in [0.3, 0.4) is 0 Å². The van der Waals surface area contributed by atoms with Gasteiger partial charge in [0.1, 0.15) is 16.3 Å². The van der Waals surface area contributed by atoms with Crippen LogP contribution in [0, 0.1) is 17.0 Å². The minimum Gasteiger partial charge on any atom is -0.298 e. The normalized spacial score (nSPS) is 11.2. The van der Waals surface area contributed by atoms with Crippen molar-refractivity contribution in [3.63, 3.8) is 0 Å². The summed E-state index contributed by atoms with van der Waals surface area (Å²) < 4.78 is 0.974. The summed E-state index contributed by atoms with van der Waals surface area (Å²) in [6, 6.07) is 9.24. The molecule has 0 atom stereocenters. The largest absolute Gasteiger partial charge is 0.335 e. The van der Waals surface area contributed by atoms with Gasteiger partial charge < -0.3 is 0 Å². The predicted molar refractivity (Wildman–Crippen MR) is 118 cm³/mol. The molecule has 0 amide bonds. The van der Waals surface area contributed by atoms with Crippen molar-refractivity contribution in [2.45, 2.75) is 6.92 Å². The zero-order valence-corrected chi connectivity index (χ0v) is 17.2. The summed E-state index contributed by atoms with van der Waals surface area (Å²) in [5.41, 5.74) is 0.834. The van der Waals surface area contributed by atoms with Crippen molar-refractivity contribution in [2.75, 3.05) is 0 Å². The van der Waals surface area contributed by atoms with Crippen molar-refractivity contribution in [3.05, 3.63) is 91.5 Å². The molecule has 12 heteroatoms. The number of non-ortho nitro benzene ring substituents is 1. The number of H-pyrrole nitrogens is 1. The number of thiophene rings is 1. The number of hydrogen-bond acceptors (Lipinski definition) is 8. The Morgan fingerprint density at radius 2 is 1.78 bits per heavy atom. The quantitative estimate of drug-likeness (QED) is 0.330. The van der Waals surface area contributed by atoms with Crippen LogP contribution in [0.15, 0.2) is 64.6 Å². The van der Waals surface area contributed by atoms with Crippen molar-refractivity contribution in [1.29, 1.82) is 0 Å². The standard InChI is InChI=1S/C20H13N7O4S/c1-11-16-18(32-17(11)12-2-4-13(5-3-12)27(30)31)24-20(29)25(19(16)28)15-7-6-14(10-21-15)26-22-8-9-23-26/h2-10H,1H3,(H,24,29). The molecule has 0 fully saturated rings. The highest BCUT2D eigenvalue weighted by atomic mass is 32.1. The van der Waals surface area contributed by atoms with E-state index in [1.165, 1.54) is 46.9 Å². The molecule has 0 saturated heterocycles. The van der Waals surface area contributed by atoms with Crippen LogP contribution >= 0.6 is 11.3 Å². The lowest BCUT2D eigenvalue weighted by atomic mass is 10.1. The van der Waals surface area contributed by atoms with Crippen molar-refractivity contribution < 1.29 is 4.92 Å². The van der Waals surface area contributed by atoms with Gasteiger partial charge in [0, 0.05) is 17.0 Å². The van der Waals surface area contributed by atoms with Crippen LogP contribution < -0.4 is 11.2 Å². The third-order valence-electron chi connectivity index (χ3n) is 4.94. The molecule has 1 N–H and O–H groups in total. The maximum atomic E-state index is 13.3. The van der Waals surface area contributed by atoms with Crippen LogP contribution in [-0.2, 0) is 0 Å². The van der Waals surface area contributed by atoms with Crippen molar-refractivity contribution in [2.24, 2.45) is 0 Å². The molecule has 1 aromatic carbocycles. The van der Waals surface area contributed by atoms with Crippen LogP contribution in [0.1, 0.15) is 5.56 Å². The van der Waals surface area contributed by atoms with E-state index in [-0.39, 0.29) is 11.5 Å². The fraction of sp³-hybridized carbons (Fsp3) is 0.0500. The molecule has 4 aromatic heterocycles. The molecular formula is C20H13N7O4S. The Kier molecular flexibility index (Phi) is 4.48. The summed E-state index contributed by atoms with van der Waals surface area (Å²) in [6.45, 7) is 1.78. The number of benzene rings is 1. The van der Waals surface area contributed by atoms with Gasteiger partial charge in [-0.3, -0.25) is 19.9 Å². The van der Waals surface area contributed by atoms with Gasteiger partial charge >= 0.3 is 5.69 Å². The molecule has 5 aromatic rings. The van der Waals surface area contributed by atoms with Gasteiger partial charge in [0.25, 0.3) is 11.2 Å². The molecule has 0 aliphatic rings. The van der Waals surface area contributed by atoms with E-state index in [4.69, 9.17) is 0 Å². The number of rotatable bonds is 4. The smallest absolute Gasteiger partial charge is 0.298 e. The van der Waals surface area contributed by atoms with E-state index in [1.807, 2.05) is 0 Å². The minimum atomic E-state index is -0.614. The second kappa shape index (κ2) is 7.35. The first-order valence-corrected chi connectivity index (χ1v) is 10.1. The van der Waals surface area contributed by atoms with Crippen LogP contribution in [0.25, 0.3) is 32.2 Å². The number of nitrogens with one attached hydrogen (secondary N) is 1. The average molecular weight is 447 g/mol. The summed E-state index contributed by atoms with van der Waals surface area (Å²) in [6.07, 6.45) is 4.52. The lowest BCUT2D eigenvalue weighted by Gasteiger charge is -2.05. The van der Waals surface area contributed by atoms with Gasteiger partial charge in [-0.25, -0.2) is 14.3 Å². The SMILES string of the molecule is Cc1c(-c2ccc([N+](=O)[O-])cc2)sc2[nH]c(=O)n(-c3ccc(-n4nccn4)cn3)c(=O)c12. The Morgan fingerprint density at radius 1 is 1.06 bits per heavy atom. The molecule has 5 rings (SSSR count). The van der Waals surface area contributed by atoms with Crippen LogP contribution in [-0.4, -0.2) is 34.5 Å². The summed E-state index contributed by atoms with van der Waals surface area (Å²) in [4.78, 5) is 45.9. The number of aromatic amines is 1. The first kappa shape index (κ1) is 19.5. The molecule has 0 aliphatic heterocycles. The number of aromatic nitrogens is 6.